The summed E-state index contributed by atoms with van der Waals surface area (Å²) >= 11 is 1.54. The van der Waals surface area contributed by atoms with E-state index in [4.69, 9.17) is 0 Å². The molecule has 1 unspecified atom stereocenters. The Morgan fingerprint density at radius 2 is 2.30 bits per heavy atom. The minimum absolute atomic E-state index is 0.00792. The largest absolute Gasteiger partial charge is 0.355 e. The van der Waals surface area contributed by atoms with E-state index in [1.165, 1.54) is 0 Å². The van der Waals surface area contributed by atoms with Gasteiger partial charge in [-0.2, -0.15) is 0 Å². The number of ketones is 1. The van der Waals surface area contributed by atoms with Crippen LogP contribution in [0.1, 0.15) is 28.2 Å². The summed E-state index contributed by atoms with van der Waals surface area (Å²) < 4.78 is 2.00. The molecule has 1 amide bonds. The first-order valence-corrected chi connectivity index (χ1v) is 8.47. The van der Waals surface area contributed by atoms with Gasteiger partial charge >= 0.3 is 0 Å². The third-order valence-electron chi connectivity index (χ3n) is 4.29. The minimum atomic E-state index is -0.207. The Morgan fingerprint density at radius 1 is 1.52 bits per heavy atom. The normalized spacial score (nSPS) is 17.7. The van der Waals surface area contributed by atoms with Gasteiger partial charge in [0.25, 0.3) is 0 Å². The van der Waals surface area contributed by atoms with Gasteiger partial charge in [-0.1, -0.05) is 0 Å². The van der Waals surface area contributed by atoms with Gasteiger partial charge in [0.05, 0.1) is 12.6 Å². The van der Waals surface area contributed by atoms with Crippen LogP contribution in [0.15, 0.2) is 17.6 Å². The topological polar surface area (TPSA) is 67.2 Å². The summed E-state index contributed by atoms with van der Waals surface area (Å²) in [7, 11) is 1.83. The Balaban J connectivity index is 1.80. The molecule has 0 aliphatic carbocycles. The number of Topliss-reactive ketones (excluding diaryl/α,β-unsaturated/α-hetero) is 1. The van der Waals surface area contributed by atoms with E-state index in [1.54, 1.807) is 17.5 Å². The van der Waals surface area contributed by atoms with Crippen molar-refractivity contribution in [3.8, 4) is 5.13 Å². The van der Waals surface area contributed by atoms with Gasteiger partial charge in [0.2, 0.25) is 5.91 Å². The average Bonchev–Trinajstić information content (AvgIpc) is 3.20. The zero-order valence-electron chi connectivity index (χ0n) is 13.5. The highest BCUT2D eigenvalue weighted by atomic mass is 32.1. The maximum atomic E-state index is 12.7. The van der Waals surface area contributed by atoms with Crippen LogP contribution in [0.25, 0.3) is 5.13 Å². The fourth-order valence-electron chi connectivity index (χ4n) is 3.09. The highest BCUT2D eigenvalue weighted by Crippen LogP contribution is 2.23. The Labute approximate surface area is 139 Å². The number of hydrogen-bond donors (Lipinski definition) is 1. The maximum absolute atomic E-state index is 12.7. The first-order chi connectivity index (χ1) is 11.0. The lowest BCUT2D eigenvalue weighted by molar-refractivity contribution is -0.123. The number of thiazole rings is 1. The second-order valence-electron chi connectivity index (χ2n) is 5.87. The molecule has 0 spiro atoms. The number of hydrogen-bond acceptors (Lipinski definition) is 5. The molecule has 1 aliphatic heterocycles. The van der Waals surface area contributed by atoms with E-state index in [0.29, 0.717) is 12.1 Å². The van der Waals surface area contributed by atoms with Crippen LogP contribution in [0.4, 0.5) is 0 Å². The van der Waals surface area contributed by atoms with E-state index >= 15 is 0 Å². The van der Waals surface area contributed by atoms with Crippen molar-refractivity contribution in [2.75, 3.05) is 20.1 Å². The first kappa shape index (κ1) is 15.9. The molecule has 3 rings (SSSR count). The van der Waals surface area contributed by atoms with E-state index < -0.39 is 0 Å². The van der Waals surface area contributed by atoms with Crippen molar-refractivity contribution < 1.29 is 9.59 Å². The fraction of sp³-hybridized carbons (Fsp3) is 0.438. The summed E-state index contributed by atoms with van der Waals surface area (Å²) in [5, 5.41) is 5.59. The molecule has 0 bridgehead atoms. The van der Waals surface area contributed by atoms with Gasteiger partial charge in [0, 0.05) is 35.1 Å². The molecule has 0 radical (unpaired) electrons. The Morgan fingerprint density at radius 3 is 2.91 bits per heavy atom. The summed E-state index contributed by atoms with van der Waals surface area (Å²) in [6, 6.07) is 1.70. The number of nitrogens with zero attached hydrogens (tertiary/aromatic N) is 3. The highest BCUT2D eigenvalue weighted by molar-refractivity contribution is 7.12. The monoisotopic (exact) mass is 332 g/mol. The maximum Gasteiger partial charge on any atom is 0.237 e. The summed E-state index contributed by atoms with van der Waals surface area (Å²) in [4.78, 5) is 30.6. The Hall–Kier alpha value is -1.99. The van der Waals surface area contributed by atoms with Crippen molar-refractivity contribution in [2.45, 2.75) is 26.3 Å². The molecule has 6 nitrogen and oxygen atoms in total. The molecule has 1 fully saturated rings. The molecule has 1 N–H and O–H groups in total. The standard InChI is InChI=1S/C16H20N4O2S/c1-10-8-12(11(2)20(10)16-18-6-7-23-16)14(21)9-19(3)13-4-5-17-15(13)22/h6-8,13H,4-5,9H2,1-3H3,(H,17,22). The molecule has 7 heteroatoms. The van der Waals surface area contributed by atoms with Gasteiger partial charge in [-0.05, 0) is 33.4 Å². The molecule has 1 atom stereocenters. The van der Waals surface area contributed by atoms with Gasteiger partial charge in [0.15, 0.2) is 10.9 Å². The summed E-state index contributed by atoms with van der Waals surface area (Å²) in [6.07, 6.45) is 2.51. The molecule has 2 aromatic heterocycles. The quantitative estimate of drug-likeness (QED) is 0.844. The van der Waals surface area contributed by atoms with Gasteiger partial charge in [-0.15, -0.1) is 11.3 Å². The number of carbonyl (C=O) groups excluding carboxylic acids is 2. The van der Waals surface area contributed by atoms with Crippen molar-refractivity contribution >= 4 is 23.0 Å². The van der Waals surface area contributed by atoms with Gasteiger partial charge in [0.1, 0.15) is 0 Å². The molecule has 2 aromatic rings. The lowest BCUT2D eigenvalue weighted by Gasteiger charge is -2.20. The average molecular weight is 332 g/mol. The molecular weight excluding hydrogens is 312 g/mol. The van der Waals surface area contributed by atoms with Crippen LogP contribution in [-0.4, -0.2) is 52.3 Å². The van der Waals surface area contributed by atoms with Gasteiger partial charge in [-0.25, -0.2) is 4.98 Å². The van der Waals surface area contributed by atoms with E-state index in [1.807, 2.05) is 41.8 Å². The van der Waals surface area contributed by atoms with E-state index in [2.05, 4.69) is 10.3 Å². The minimum Gasteiger partial charge on any atom is -0.355 e. The summed E-state index contributed by atoms with van der Waals surface area (Å²) in [5.74, 6) is 0.0386. The third kappa shape index (κ3) is 2.94. The van der Waals surface area contributed by atoms with E-state index in [9.17, 15) is 9.59 Å². The van der Waals surface area contributed by atoms with E-state index in [0.717, 1.165) is 22.9 Å². The lowest BCUT2D eigenvalue weighted by Crippen LogP contribution is -2.40. The van der Waals surface area contributed by atoms with Crippen LogP contribution in [-0.2, 0) is 4.79 Å². The number of aromatic nitrogens is 2. The number of likely N-dealkylation sites (N-methyl/N-ethyl adjacent to an activating group) is 1. The summed E-state index contributed by atoms with van der Waals surface area (Å²) in [5.41, 5.74) is 2.58. The zero-order valence-corrected chi connectivity index (χ0v) is 14.3. The van der Waals surface area contributed by atoms with Crippen LogP contribution in [0.3, 0.4) is 0 Å². The highest BCUT2D eigenvalue weighted by Gasteiger charge is 2.29. The number of rotatable bonds is 5. The molecule has 3 heterocycles. The molecule has 1 aliphatic rings. The number of aryl methyl sites for hydroxylation is 1. The predicted molar refractivity (Wildman–Crippen MR) is 89.3 cm³/mol. The van der Waals surface area contributed by atoms with Crippen molar-refractivity contribution in [1.82, 2.24) is 19.8 Å². The smallest absolute Gasteiger partial charge is 0.237 e. The lowest BCUT2D eigenvalue weighted by atomic mass is 10.1. The van der Waals surface area contributed by atoms with Crippen LogP contribution >= 0.6 is 11.3 Å². The van der Waals surface area contributed by atoms with Crippen molar-refractivity contribution in [1.29, 1.82) is 0 Å². The third-order valence-corrected chi connectivity index (χ3v) is 5.04. The summed E-state index contributed by atoms with van der Waals surface area (Å²) in [6.45, 7) is 4.82. The molecule has 23 heavy (non-hydrogen) atoms. The predicted octanol–water partition coefficient (Wildman–Crippen LogP) is 1.55. The van der Waals surface area contributed by atoms with Crippen LogP contribution in [0.5, 0.6) is 0 Å². The Bertz CT molecular complexity index is 736. The van der Waals surface area contributed by atoms with Gasteiger partial charge in [-0.3, -0.25) is 19.1 Å². The molecule has 0 saturated carbocycles. The van der Waals surface area contributed by atoms with Crippen LogP contribution in [0.2, 0.25) is 0 Å². The van der Waals surface area contributed by atoms with Gasteiger partial charge < -0.3 is 5.32 Å². The SMILES string of the molecule is Cc1cc(C(=O)CN(C)C2CCNC2=O)c(C)n1-c1nccs1. The van der Waals surface area contributed by atoms with Crippen LogP contribution < -0.4 is 5.32 Å². The Kier molecular flexibility index (Phi) is 4.32. The van der Waals surface area contributed by atoms with Crippen molar-refractivity contribution in [3.05, 3.63) is 34.6 Å². The van der Waals surface area contributed by atoms with Crippen LogP contribution in [0, 0.1) is 13.8 Å². The molecule has 0 aromatic carbocycles. The first-order valence-electron chi connectivity index (χ1n) is 7.59. The zero-order chi connectivity index (χ0) is 16.6. The number of nitrogens with one attached hydrogen (secondary N) is 1. The van der Waals surface area contributed by atoms with E-state index in [-0.39, 0.29) is 24.3 Å². The second-order valence-corrected chi connectivity index (χ2v) is 6.74. The van der Waals surface area contributed by atoms with Crippen molar-refractivity contribution in [2.24, 2.45) is 0 Å². The fourth-order valence-corrected chi connectivity index (χ4v) is 3.84. The number of carbonyl (C=O) groups is 2. The molecular formula is C16H20N4O2S. The number of amides is 1. The second kappa shape index (κ2) is 6.25. The molecule has 1 saturated heterocycles. The van der Waals surface area contributed by atoms with Crippen molar-refractivity contribution in [3.63, 3.8) is 0 Å². The molecule has 122 valence electrons.